The van der Waals surface area contributed by atoms with E-state index in [0.717, 1.165) is 44.0 Å². The molecule has 3 heteroatoms. The average molecular weight is 299 g/mol. The summed E-state index contributed by atoms with van der Waals surface area (Å²) < 4.78 is 19.1. The lowest BCUT2D eigenvalue weighted by Crippen LogP contribution is -2.15. The van der Waals surface area contributed by atoms with Crippen molar-refractivity contribution in [2.24, 2.45) is 5.92 Å². The Morgan fingerprint density at radius 1 is 1.20 bits per heavy atom. The van der Waals surface area contributed by atoms with Crippen LogP contribution in [-0.4, -0.2) is 13.2 Å². The molecule has 0 spiro atoms. The normalized spacial score (nSPS) is 22.9. The Balaban J connectivity index is 1.77. The van der Waals surface area contributed by atoms with Crippen LogP contribution in [-0.2, 0) is 4.74 Å². The van der Waals surface area contributed by atoms with Crippen molar-refractivity contribution >= 4 is 11.6 Å². The molecular weight excluding hydrogens is 275 g/mol. The first-order chi connectivity index (χ1) is 9.70. The number of halogens is 2. The minimum absolute atomic E-state index is 0.218. The molecular formula is C17H24ClFO. The lowest BCUT2D eigenvalue weighted by Gasteiger charge is -2.28. The standard InChI is InChI=1S/C17H24ClFO/c1-2-10-20-11-9-13-3-5-14(6-4-13)15-7-8-16(18)17(19)12-15/h7-8,12-14H,2-6,9-11H2,1H3. The highest BCUT2D eigenvalue weighted by Crippen LogP contribution is 2.37. The molecule has 0 atom stereocenters. The first-order valence-corrected chi connectivity index (χ1v) is 8.11. The van der Waals surface area contributed by atoms with Gasteiger partial charge in [0.15, 0.2) is 0 Å². The second kappa shape index (κ2) is 7.99. The molecule has 112 valence electrons. The van der Waals surface area contributed by atoms with Gasteiger partial charge in [0.25, 0.3) is 0 Å². The fourth-order valence-electron chi connectivity index (χ4n) is 3.05. The van der Waals surface area contributed by atoms with Crippen molar-refractivity contribution in [3.63, 3.8) is 0 Å². The van der Waals surface area contributed by atoms with Crippen molar-refractivity contribution in [2.45, 2.75) is 51.4 Å². The van der Waals surface area contributed by atoms with E-state index >= 15 is 0 Å². The van der Waals surface area contributed by atoms with E-state index in [-0.39, 0.29) is 10.8 Å². The van der Waals surface area contributed by atoms with Crippen molar-refractivity contribution in [1.29, 1.82) is 0 Å². The fraction of sp³-hybridized carbons (Fsp3) is 0.647. The van der Waals surface area contributed by atoms with Gasteiger partial charge in [-0.1, -0.05) is 24.6 Å². The fourth-order valence-corrected chi connectivity index (χ4v) is 3.16. The summed E-state index contributed by atoms with van der Waals surface area (Å²) in [5.74, 6) is 0.981. The summed E-state index contributed by atoms with van der Waals surface area (Å²) in [6.07, 6.45) is 7.02. The molecule has 0 saturated heterocycles. The van der Waals surface area contributed by atoms with E-state index in [4.69, 9.17) is 16.3 Å². The van der Waals surface area contributed by atoms with Crippen LogP contribution in [0.4, 0.5) is 4.39 Å². The Kier molecular flexibility index (Phi) is 6.31. The molecule has 1 aliphatic rings. The van der Waals surface area contributed by atoms with Crippen LogP contribution in [0, 0.1) is 11.7 Å². The summed E-state index contributed by atoms with van der Waals surface area (Å²) in [6.45, 7) is 3.90. The molecule has 0 unspecified atom stereocenters. The van der Waals surface area contributed by atoms with Gasteiger partial charge >= 0.3 is 0 Å². The molecule has 0 aromatic heterocycles. The first-order valence-electron chi connectivity index (χ1n) is 7.73. The number of hydrogen-bond donors (Lipinski definition) is 0. The topological polar surface area (TPSA) is 9.23 Å². The monoisotopic (exact) mass is 298 g/mol. The SMILES string of the molecule is CCCOCCC1CCC(c2ccc(Cl)c(F)c2)CC1. The highest BCUT2D eigenvalue weighted by Gasteiger charge is 2.22. The maximum atomic E-state index is 13.5. The molecule has 0 aliphatic heterocycles. The third-order valence-electron chi connectivity index (χ3n) is 4.28. The second-order valence-electron chi connectivity index (χ2n) is 5.79. The summed E-state index contributed by atoms with van der Waals surface area (Å²) in [5, 5.41) is 0.218. The number of ether oxygens (including phenoxy) is 1. The second-order valence-corrected chi connectivity index (χ2v) is 6.20. The van der Waals surface area contributed by atoms with Crippen LogP contribution in [0.3, 0.4) is 0 Å². The van der Waals surface area contributed by atoms with E-state index in [1.54, 1.807) is 12.1 Å². The number of benzene rings is 1. The van der Waals surface area contributed by atoms with Crippen molar-refractivity contribution in [2.75, 3.05) is 13.2 Å². The molecule has 2 rings (SSSR count). The predicted octanol–water partition coefficient (Wildman–Crippen LogP) is 5.57. The van der Waals surface area contributed by atoms with Gasteiger partial charge in [0.2, 0.25) is 0 Å². The molecule has 1 aromatic carbocycles. The molecule has 1 aromatic rings. The molecule has 20 heavy (non-hydrogen) atoms. The zero-order valence-electron chi connectivity index (χ0n) is 12.2. The van der Waals surface area contributed by atoms with Crippen LogP contribution >= 0.6 is 11.6 Å². The average Bonchev–Trinajstić information content (AvgIpc) is 2.47. The van der Waals surface area contributed by atoms with Gasteiger partial charge in [-0.15, -0.1) is 0 Å². The zero-order valence-corrected chi connectivity index (χ0v) is 13.0. The third kappa shape index (κ3) is 4.46. The first kappa shape index (κ1) is 15.8. The van der Waals surface area contributed by atoms with Gasteiger partial charge in [-0.05, 0) is 68.1 Å². The van der Waals surface area contributed by atoms with Crippen LogP contribution in [0.1, 0.15) is 56.9 Å². The highest BCUT2D eigenvalue weighted by atomic mass is 35.5. The summed E-state index contributed by atoms with van der Waals surface area (Å²) in [4.78, 5) is 0. The summed E-state index contributed by atoms with van der Waals surface area (Å²) in [7, 11) is 0. The van der Waals surface area contributed by atoms with Crippen LogP contribution in [0.25, 0.3) is 0 Å². The summed E-state index contributed by atoms with van der Waals surface area (Å²) in [5.41, 5.74) is 1.10. The lowest BCUT2D eigenvalue weighted by atomic mass is 9.78. The summed E-state index contributed by atoms with van der Waals surface area (Å²) >= 11 is 5.74. The van der Waals surface area contributed by atoms with Crippen LogP contribution < -0.4 is 0 Å². The maximum absolute atomic E-state index is 13.5. The molecule has 1 saturated carbocycles. The Morgan fingerprint density at radius 3 is 2.60 bits per heavy atom. The van der Waals surface area contributed by atoms with E-state index in [0.29, 0.717) is 5.92 Å². The molecule has 1 aliphatic carbocycles. The van der Waals surface area contributed by atoms with E-state index in [2.05, 4.69) is 6.92 Å². The van der Waals surface area contributed by atoms with Gasteiger partial charge in [0.1, 0.15) is 5.82 Å². The smallest absolute Gasteiger partial charge is 0.142 e. The Bertz CT molecular complexity index is 413. The molecule has 0 bridgehead atoms. The van der Waals surface area contributed by atoms with Crippen molar-refractivity contribution in [3.8, 4) is 0 Å². The Labute approximate surface area is 126 Å². The minimum Gasteiger partial charge on any atom is -0.381 e. The van der Waals surface area contributed by atoms with E-state index in [9.17, 15) is 4.39 Å². The molecule has 0 amide bonds. The number of rotatable bonds is 6. The van der Waals surface area contributed by atoms with Crippen LogP contribution in [0.15, 0.2) is 18.2 Å². The zero-order chi connectivity index (χ0) is 14.4. The Hall–Kier alpha value is -0.600. The van der Waals surface area contributed by atoms with Gasteiger partial charge in [-0.2, -0.15) is 0 Å². The minimum atomic E-state index is -0.292. The summed E-state index contributed by atoms with van der Waals surface area (Å²) in [6, 6.07) is 5.26. The van der Waals surface area contributed by atoms with Crippen molar-refractivity contribution < 1.29 is 9.13 Å². The van der Waals surface area contributed by atoms with E-state index in [1.807, 2.05) is 6.07 Å². The third-order valence-corrected chi connectivity index (χ3v) is 4.59. The molecule has 1 nitrogen and oxygen atoms in total. The van der Waals surface area contributed by atoms with E-state index in [1.165, 1.54) is 19.3 Å². The van der Waals surface area contributed by atoms with Gasteiger partial charge in [0.05, 0.1) is 5.02 Å². The van der Waals surface area contributed by atoms with Gasteiger partial charge in [-0.3, -0.25) is 0 Å². The number of hydrogen-bond acceptors (Lipinski definition) is 1. The quantitative estimate of drug-likeness (QED) is 0.624. The Morgan fingerprint density at radius 2 is 1.95 bits per heavy atom. The molecule has 1 fully saturated rings. The molecule has 0 heterocycles. The van der Waals surface area contributed by atoms with Crippen LogP contribution in [0.5, 0.6) is 0 Å². The van der Waals surface area contributed by atoms with Crippen molar-refractivity contribution in [3.05, 3.63) is 34.6 Å². The molecule has 0 N–H and O–H groups in total. The van der Waals surface area contributed by atoms with Gasteiger partial charge in [-0.25, -0.2) is 4.39 Å². The lowest BCUT2D eigenvalue weighted by molar-refractivity contribution is 0.113. The van der Waals surface area contributed by atoms with Gasteiger partial charge in [0, 0.05) is 13.2 Å². The maximum Gasteiger partial charge on any atom is 0.142 e. The predicted molar refractivity (Wildman–Crippen MR) is 81.8 cm³/mol. The highest BCUT2D eigenvalue weighted by molar-refractivity contribution is 6.30. The van der Waals surface area contributed by atoms with E-state index < -0.39 is 0 Å². The molecule has 0 radical (unpaired) electrons. The van der Waals surface area contributed by atoms with Crippen LogP contribution in [0.2, 0.25) is 5.02 Å². The van der Waals surface area contributed by atoms with Crippen molar-refractivity contribution in [1.82, 2.24) is 0 Å². The largest absolute Gasteiger partial charge is 0.381 e. The van der Waals surface area contributed by atoms with Gasteiger partial charge < -0.3 is 4.74 Å².